The Hall–Kier alpha value is -2.53. The van der Waals surface area contributed by atoms with Crippen molar-refractivity contribution in [3.05, 3.63) is 59.1 Å². The molecule has 0 aromatic heterocycles. The van der Waals surface area contributed by atoms with Crippen LogP contribution in [0.1, 0.15) is 26.3 Å². The molecule has 0 aliphatic heterocycles. The molecule has 5 nitrogen and oxygen atoms in total. The summed E-state index contributed by atoms with van der Waals surface area (Å²) in [4.78, 5) is 28.0. The molecule has 1 N–H and O–H groups in total. The van der Waals surface area contributed by atoms with Crippen LogP contribution in [0.3, 0.4) is 0 Å². The minimum atomic E-state index is -0.215. The number of anilines is 2. The SMILES string of the molecule is CCN(CC)c1ccc(N(CC(=O)NCc2ccc(Cl)cc2)C(C)=O)cc1. The van der Waals surface area contributed by atoms with Crippen LogP contribution in [0.15, 0.2) is 48.5 Å². The zero-order chi connectivity index (χ0) is 19.8. The van der Waals surface area contributed by atoms with Gasteiger partial charge in [0.05, 0.1) is 0 Å². The average molecular weight is 388 g/mol. The van der Waals surface area contributed by atoms with Gasteiger partial charge < -0.3 is 15.1 Å². The molecule has 0 unspecified atom stereocenters. The first-order valence-corrected chi connectivity index (χ1v) is 9.46. The normalized spacial score (nSPS) is 10.4. The Labute approximate surface area is 165 Å². The molecule has 0 atom stereocenters. The van der Waals surface area contributed by atoms with Gasteiger partial charge in [0, 0.05) is 43.0 Å². The first-order valence-electron chi connectivity index (χ1n) is 9.08. The third kappa shape index (κ3) is 6.00. The van der Waals surface area contributed by atoms with E-state index in [1.807, 2.05) is 36.4 Å². The van der Waals surface area contributed by atoms with E-state index in [1.54, 1.807) is 12.1 Å². The number of carbonyl (C=O) groups excluding carboxylic acids is 2. The molecule has 144 valence electrons. The van der Waals surface area contributed by atoms with Gasteiger partial charge >= 0.3 is 0 Å². The second-order valence-corrected chi connectivity index (χ2v) is 6.63. The van der Waals surface area contributed by atoms with Crippen LogP contribution < -0.4 is 15.1 Å². The third-order valence-electron chi connectivity index (χ3n) is 4.37. The van der Waals surface area contributed by atoms with Crippen LogP contribution in [-0.2, 0) is 16.1 Å². The molecule has 6 heteroatoms. The van der Waals surface area contributed by atoms with Crippen LogP contribution in [0.5, 0.6) is 0 Å². The van der Waals surface area contributed by atoms with Gasteiger partial charge in [-0.2, -0.15) is 0 Å². The van der Waals surface area contributed by atoms with Crippen molar-refractivity contribution in [2.45, 2.75) is 27.3 Å². The molecule has 2 rings (SSSR count). The first-order chi connectivity index (χ1) is 12.9. The van der Waals surface area contributed by atoms with Gasteiger partial charge in [0.2, 0.25) is 11.8 Å². The zero-order valence-corrected chi connectivity index (χ0v) is 16.8. The summed E-state index contributed by atoms with van der Waals surface area (Å²) in [6, 6.07) is 15.0. The molecule has 0 bridgehead atoms. The number of nitrogens with zero attached hydrogens (tertiary/aromatic N) is 2. The smallest absolute Gasteiger partial charge is 0.240 e. The van der Waals surface area contributed by atoms with E-state index in [2.05, 4.69) is 24.1 Å². The molecule has 27 heavy (non-hydrogen) atoms. The van der Waals surface area contributed by atoms with Gasteiger partial charge in [-0.15, -0.1) is 0 Å². The van der Waals surface area contributed by atoms with E-state index in [1.165, 1.54) is 11.8 Å². The lowest BCUT2D eigenvalue weighted by Gasteiger charge is -2.24. The van der Waals surface area contributed by atoms with Crippen molar-refractivity contribution in [1.82, 2.24) is 5.32 Å². The molecule has 0 aliphatic rings. The molecule has 2 aromatic carbocycles. The minimum absolute atomic E-state index is 0.0203. The number of halogens is 1. The summed E-state index contributed by atoms with van der Waals surface area (Å²) < 4.78 is 0. The van der Waals surface area contributed by atoms with Crippen molar-refractivity contribution < 1.29 is 9.59 Å². The standard InChI is InChI=1S/C21H26ClN3O2/c1-4-24(5-2)19-10-12-20(13-11-19)25(16(3)26)15-21(27)23-14-17-6-8-18(22)9-7-17/h6-13H,4-5,14-15H2,1-3H3,(H,23,27). The predicted molar refractivity (Wildman–Crippen MR) is 111 cm³/mol. The highest BCUT2D eigenvalue weighted by atomic mass is 35.5. The second kappa shape index (κ2) is 9.97. The van der Waals surface area contributed by atoms with Crippen molar-refractivity contribution >= 4 is 34.8 Å². The van der Waals surface area contributed by atoms with Gasteiger partial charge in [-0.3, -0.25) is 9.59 Å². The van der Waals surface area contributed by atoms with Crippen molar-refractivity contribution in [3.8, 4) is 0 Å². The largest absolute Gasteiger partial charge is 0.372 e. The molecular weight excluding hydrogens is 362 g/mol. The molecule has 2 aromatic rings. The molecule has 2 amide bonds. The molecule has 0 saturated carbocycles. The van der Waals surface area contributed by atoms with E-state index in [4.69, 9.17) is 11.6 Å². The van der Waals surface area contributed by atoms with Crippen molar-refractivity contribution in [1.29, 1.82) is 0 Å². The Morgan fingerprint density at radius 1 is 0.926 bits per heavy atom. The van der Waals surface area contributed by atoms with Crippen LogP contribution in [0.4, 0.5) is 11.4 Å². The number of nitrogens with one attached hydrogen (secondary N) is 1. The number of rotatable bonds is 8. The van der Waals surface area contributed by atoms with Crippen LogP contribution in [0, 0.1) is 0 Å². The Morgan fingerprint density at radius 3 is 2.00 bits per heavy atom. The Balaban J connectivity index is 2.00. The quantitative estimate of drug-likeness (QED) is 0.748. The van der Waals surface area contributed by atoms with Gasteiger partial charge in [-0.05, 0) is 55.8 Å². The molecule has 0 fully saturated rings. The third-order valence-corrected chi connectivity index (χ3v) is 4.63. The molecular formula is C21H26ClN3O2. The number of hydrogen-bond acceptors (Lipinski definition) is 3. The summed E-state index contributed by atoms with van der Waals surface area (Å²) in [5.41, 5.74) is 2.75. The van der Waals surface area contributed by atoms with Crippen LogP contribution in [0.2, 0.25) is 5.02 Å². The minimum Gasteiger partial charge on any atom is -0.372 e. The van der Waals surface area contributed by atoms with Gasteiger partial charge in [0.25, 0.3) is 0 Å². The van der Waals surface area contributed by atoms with E-state index in [0.717, 1.165) is 24.3 Å². The lowest BCUT2D eigenvalue weighted by atomic mass is 10.2. The van der Waals surface area contributed by atoms with Gasteiger partial charge in [-0.25, -0.2) is 0 Å². The highest BCUT2D eigenvalue weighted by Gasteiger charge is 2.16. The average Bonchev–Trinajstić information content (AvgIpc) is 2.67. The lowest BCUT2D eigenvalue weighted by molar-refractivity contribution is -0.123. The van der Waals surface area contributed by atoms with E-state index < -0.39 is 0 Å². The number of hydrogen-bond donors (Lipinski definition) is 1. The van der Waals surface area contributed by atoms with E-state index in [0.29, 0.717) is 17.3 Å². The number of amides is 2. The van der Waals surface area contributed by atoms with Crippen molar-refractivity contribution in [2.75, 3.05) is 29.4 Å². The predicted octanol–water partition coefficient (Wildman–Crippen LogP) is 3.86. The fourth-order valence-corrected chi connectivity index (χ4v) is 2.94. The van der Waals surface area contributed by atoms with E-state index in [9.17, 15) is 9.59 Å². The number of carbonyl (C=O) groups is 2. The summed E-state index contributed by atoms with van der Waals surface area (Å²) >= 11 is 5.86. The maximum Gasteiger partial charge on any atom is 0.240 e. The monoisotopic (exact) mass is 387 g/mol. The van der Waals surface area contributed by atoms with E-state index in [-0.39, 0.29) is 18.4 Å². The molecule has 0 saturated heterocycles. The van der Waals surface area contributed by atoms with Crippen LogP contribution in [-0.4, -0.2) is 31.4 Å². The van der Waals surface area contributed by atoms with Crippen molar-refractivity contribution in [2.24, 2.45) is 0 Å². The van der Waals surface area contributed by atoms with E-state index >= 15 is 0 Å². The first kappa shape index (κ1) is 20.8. The highest BCUT2D eigenvalue weighted by Crippen LogP contribution is 2.21. The summed E-state index contributed by atoms with van der Waals surface area (Å²) in [5, 5.41) is 3.49. The Morgan fingerprint density at radius 2 is 1.48 bits per heavy atom. The zero-order valence-electron chi connectivity index (χ0n) is 16.0. The highest BCUT2D eigenvalue weighted by molar-refractivity contribution is 6.30. The Kier molecular flexibility index (Phi) is 7.67. The molecule has 0 aliphatic carbocycles. The van der Waals surface area contributed by atoms with Crippen LogP contribution in [0.25, 0.3) is 0 Å². The van der Waals surface area contributed by atoms with Crippen LogP contribution >= 0.6 is 11.6 Å². The summed E-state index contributed by atoms with van der Waals surface area (Å²) in [6.07, 6.45) is 0. The summed E-state index contributed by atoms with van der Waals surface area (Å²) in [7, 11) is 0. The maximum atomic E-state index is 12.3. The molecule has 0 spiro atoms. The van der Waals surface area contributed by atoms with Gasteiger partial charge in [-0.1, -0.05) is 23.7 Å². The van der Waals surface area contributed by atoms with Gasteiger partial charge in [0.15, 0.2) is 0 Å². The second-order valence-electron chi connectivity index (χ2n) is 6.20. The summed E-state index contributed by atoms with van der Waals surface area (Å²) in [6.45, 7) is 7.87. The lowest BCUT2D eigenvalue weighted by Crippen LogP contribution is -2.39. The fraction of sp³-hybridized carbons (Fsp3) is 0.333. The maximum absolute atomic E-state index is 12.3. The molecule has 0 radical (unpaired) electrons. The van der Waals surface area contributed by atoms with Gasteiger partial charge in [0.1, 0.15) is 6.54 Å². The van der Waals surface area contributed by atoms with Crippen molar-refractivity contribution in [3.63, 3.8) is 0 Å². The summed E-state index contributed by atoms with van der Waals surface area (Å²) in [5.74, 6) is -0.389. The number of benzene rings is 2. The topological polar surface area (TPSA) is 52.6 Å². The fourth-order valence-electron chi connectivity index (χ4n) is 2.82. The molecule has 0 heterocycles. The Bertz CT molecular complexity index is 756.